The van der Waals surface area contributed by atoms with Gasteiger partial charge in [0.1, 0.15) is 6.10 Å². The zero-order valence-corrected chi connectivity index (χ0v) is 16.6. The predicted molar refractivity (Wildman–Crippen MR) is 107 cm³/mol. The van der Waals surface area contributed by atoms with Crippen molar-refractivity contribution in [3.63, 3.8) is 0 Å². The summed E-state index contributed by atoms with van der Waals surface area (Å²) in [4.78, 5) is 23.5. The molecular weight excluding hydrogens is 376 g/mol. The van der Waals surface area contributed by atoms with E-state index in [0.29, 0.717) is 30.1 Å². The lowest BCUT2D eigenvalue weighted by molar-refractivity contribution is -0.134. The first kappa shape index (κ1) is 22.7. The Labute approximate surface area is 170 Å². The number of carbonyl (C=O) groups is 2. The topological polar surface area (TPSA) is 118 Å². The third-order valence-corrected chi connectivity index (χ3v) is 4.81. The van der Waals surface area contributed by atoms with Crippen molar-refractivity contribution < 1.29 is 29.3 Å². The number of nitrogens with zero attached hydrogens (tertiary/aromatic N) is 1. The first-order chi connectivity index (χ1) is 14.0. The number of aromatic nitrogens is 1. The standard InChI is InChI=1S/C17H26N2O2.C4H4O4/c1-2-7-15(8-3-1)21-17-16(9-5-11-19-17)20-13-14-6-4-10-18-12-14;5-3(6)1-2-4(7)8/h5,9,11,14-15,18H,1-4,6-8,10,12-13H2;1-2H,(H,5,6)(H,7,8)/b;2-1+. The molecule has 2 aliphatic rings. The summed E-state index contributed by atoms with van der Waals surface area (Å²) in [7, 11) is 0. The molecule has 1 aliphatic heterocycles. The molecule has 0 aromatic carbocycles. The molecule has 1 aliphatic carbocycles. The molecule has 1 atom stereocenters. The van der Waals surface area contributed by atoms with Gasteiger partial charge in [0, 0.05) is 30.8 Å². The number of hydrogen-bond donors (Lipinski definition) is 3. The predicted octanol–water partition coefficient (Wildman–Crippen LogP) is 2.88. The molecule has 8 heteroatoms. The van der Waals surface area contributed by atoms with Gasteiger partial charge in [-0.1, -0.05) is 6.42 Å². The molecule has 29 heavy (non-hydrogen) atoms. The van der Waals surface area contributed by atoms with E-state index in [1.54, 1.807) is 6.20 Å². The molecule has 3 N–H and O–H groups in total. The lowest BCUT2D eigenvalue weighted by Crippen LogP contribution is -2.33. The Balaban J connectivity index is 0.000000321. The van der Waals surface area contributed by atoms with Gasteiger partial charge in [0.25, 0.3) is 5.88 Å². The number of nitrogens with one attached hydrogen (secondary N) is 1. The maximum atomic E-state index is 9.55. The van der Waals surface area contributed by atoms with E-state index in [4.69, 9.17) is 19.7 Å². The van der Waals surface area contributed by atoms with Gasteiger partial charge in [-0.05, 0) is 57.2 Å². The maximum Gasteiger partial charge on any atom is 0.328 e. The van der Waals surface area contributed by atoms with E-state index in [9.17, 15) is 9.59 Å². The fourth-order valence-corrected chi connectivity index (χ4v) is 3.33. The van der Waals surface area contributed by atoms with Crippen LogP contribution in [-0.4, -0.2) is 52.9 Å². The average Bonchev–Trinajstić information content (AvgIpc) is 2.74. The number of pyridine rings is 1. The summed E-state index contributed by atoms with van der Waals surface area (Å²) in [6.07, 6.45) is 11.8. The minimum Gasteiger partial charge on any atom is -0.488 e. The van der Waals surface area contributed by atoms with Gasteiger partial charge < -0.3 is 25.0 Å². The third kappa shape index (κ3) is 9.43. The van der Waals surface area contributed by atoms with E-state index in [-0.39, 0.29) is 0 Å². The van der Waals surface area contributed by atoms with Crippen LogP contribution in [0.5, 0.6) is 11.6 Å². The number of carboxylic acids is 2. The zero-order valence-electron chi connectivity index (χ0n) is 16.6. The van der Waals surface area contributed by atoms with E-state index in [2.05, 4.69) is 10.3 Å². The second kappa shape index (κ2) is 12.8. The van der Waals surface area contributed by atoms with Crippen molar-refractivity contribution in [2.24, 2.45) is 5.92 Å². The molecular formula is C21H30N2O6. The normalized spacial score (nSPS) is 19.8. The fraction of sp³-hybridized carbons (Fsp3) is 0.571. The van der Waals surface area contributed by atoms with Crippen LogP contribution >= 0.6 is 0 Å². The molecule has 1 unspecified atom stereocenters. The minimum absolute atomic E-state index is 0.312. The molecule has 1 aromatic rings. The maximum absolute atomic E-state index is 9.55. The van der Waals surface area contributed by atoms with Crippen molar-refractivity contribution >= 4 is 11.9 Å². The summed E-state index contributed by atoms with van der Waals surface area (Å²) < 4.78 is 12.1. The van der Waals surface area contributed by atoms with E-state index < -0.39 is 11.9 Å². The number of hydrogen-bond acceptors (Lipinski definition) is 6. The molecule has 160 valence electrons. The SMILES string of the molecule is O=C(O)/C=C/C(=O)O.c1cnc(OC2CCCCC2)c(OCC2CCCNC2)c1. The van der Waals surface area contributed by atoms with Gasteiger partial charge in [-0.3, -0.25) is 0 Å². The van der Waals surface area contributed by atoms with Crippen LogP contribution in [0.4, 0.5) is 0 Å². The Hall–Kier alpha value is -2.61. The third-order valence-electron chi connectivity index (χ3n) is 4.81. The molecule has 1 saturated heterocycles. The highest BCUT2D eigenvalue weighted by atomic mass is 16.5. The Kier molecular flexibility index (Phi) is 9.99. The van der Waals surface area contributed by atoms with E-state index in [1.807, 2.05) is 12.1 Å². The molecule has 2 fully saturated rings. The van der Waals surface area contributed by atoms with Gasteiger partial charge >= 0.3 is 11.9 Å². The highest BCUT2D eigenvalue weighted by molar-refractivity contribution is 5.89. The van der Waals surface area contributed by atoms with E-state index >= 15 is 0 Å². The van der Waals surface area contributed by atoms with Crippen LogP contribution in [0.15, 0.2) is 30.5 Å². The fourth-order valence-electron chi connectivity index (χ4n) is 3.33. The van der Waals surface area contributed by atoms with Crippen molar-refractivity contribution in [2.75, 3.05) is 19.7 Å². The summed E-state index contributed by atoms with van der Waals surface area (Å²) in [6.45, 7) is 2.94. The van der Waals surface area contributed by atoms with Crippen LogP contribution in [0.3, 0.4) is 0 Å². The van der Waals surface area contributed by atoms with Crippen LogP contribution in [-0.2, 0) is 9.59 Å². The van der Waals surface area contributed by atoms with Gasteiger partial charge in [0.2, 0.25) is 0 Å². The number of carboxylic acid groups (broad SMARTS) is 2. The molecule has 2 heterocycles. The molecule has 0 bridgehead atoms. The Morgan fingerprint density at radius 1 is 1.10 bits per heavy atom. The van der Waals surface area contributed by atoms with Gasteiger partial charge in [0.05, 0.1) is 6.61 Å². The number of rotatable bonds is 7. The summed E-state index contributed by atoms with van der Waals surface area (Å²) in [5.74, 6) is -0.442. The summed E-state index contributed by atoms with van der Waals surface area (Å²) in [5, 5.41) is 19.0. The Morgan fingerprint density at radius 2 is 1.83 bits per heavy atom. The minimum atomic E-state index is -1.26. The van der Waals surface area contributed by atoms with Crippen LogP contribution < -0.4 is 14.8 Å². The molecule has 8 nitrogen and oxygen atoms in total. The van der Waals surface area contributed by atoms with E-state index in [1.165, 1.54) is 32.1 Å². The zero-order chi connectivity index (χ0) is 20.9. The van der Waals surface area contributed by atoms with Crippen LogP contribution in [0.2, 0.25) is 0 Å². The first-order valence-electron chi connectivity index (χ1n) is 10.1. The number of ether oxygens (including phenoxy) is 2. The molecule has 0 radical (unpaired) electrons. The smallest absolute Gasteiger partial charge is 0.328 e. The summed E-state index contributed by atoms with van der Waals surface area (Å²) >= 11 is 0. The van der Waals surface area contributed by atoms with Crippen molar-refractivity contribution in [3.05, 3.63) is 30.5 Å². The monoisotopic (exact) mass is 406 g/mol. The largest absolute Gasteiger partial charge is 0.488 e. The second-order valence-electron chi connectivity index (χ2n) is 7.22. The Morgan fingerprint density at radius 3 is 2.45 bits per heavy atom. The van der Waals surface area contributed by atoms with Crippen LogP contribution in [0.25, 0.3) is 0 Å². The number of aliphatic carboxylic acids is 2. The van der Waals surface area contributed by atoms with Gasteiger partial charge in [-0.15, -0.1) is 0 Å². The van der Waals surface area contributed by atoms with Crippen molar-refractivity contribution in [1.82, 2.24) is 10.3 Å². The van der Waals surface area contributed by atoms with Crippen LogP contribution in [0.1, 0.15) is 44.9 Å². The van der Waals surface area contributed by atoms with Crippen molar-refractivity contribution in [3.8, 4) is 11.6 Å². The van der Waals surface area contributed by atoms with Crippen LogP contribution in [0, 0.1) is 5.92 Å². The first-order valence-corrected chi connectivity index (χ1v) is 10.1. The second-order valence-corrected chi connectivity index (χ2v) is 7.22. The summed E-state index contributed by atoms with van der Waals surface area (Å²) in [6, 6.07) is 3.89. The van der Waals surface area contributed by atoms with Gasteiger partial charge in [0.15, 0.2) is 5.75 Å². The quantitative estimate of drug-likeness (QED) is 0.592. The average molecular weight is 406 g/mol. The molecule has 3 rings (SSSR count). The Bertz CT molecular complexity index is 651. The van der Waals surface area contributed by atoms with Gasteiger partial charge in [-0.25, -0.2) is 14.6 Å². The molecule has 1 saturated carbocycles. The van der Waals surface area contributed by atoms with E-state index in [0.717, 1.165) is 38.3 Å². The van der Waals surface area contributed by atoms with Crippen molar-refractivity contribution in [1.29, 1.82) is 0 Å². The van der Waals surface area contributed by atoms with Gasteiger partial charge in [-0.2, -0.15) is 0 Å². The molecule has 0 amide bonds. The number of piperidine rings is 1. The highest BCUT2D eigenvalue weighted by Gasteiger charge is 2.19. The van der Waals surface area contributed by atoms with Crippen molar-refractivity contribution in [2.45, 2.75) is 51.0 Å². The lowest BCUT2D eigenvalue weighted by atomic mass is 9.98. The molecule has 0 spiro atoms. The highest BCUT2D eigenvalue weighted by Crippen LogP contribution is 2.29. The summed E-state index contributed by atoms with van der Waals surface area (Å²) in [5.41, 5.74) is 0. The molecule has 1 aromatic heterocycles. The lowest BCUT2D eigenvalue weighted by Gasteiger charge is -2.25.